The van der Waals surface area contributed by atoms with Crippen molar-refractivity contribution in [3.8, 4) is 11.4 Å². The van der Waals surface area contributed by atoms with E-state index >= 15 is 0 Å². The largest absolute Gasteiger partial charge is 0.497 e. The summed E-state index contributed by atoms with van der Waals surface area (Å²) in [6.45, 7) is 2.67. The van der Waals surface area contributed by atoms with Crippen LogP contribution in [0.5, 0.6) is 5.75 Å². The zero-order valence-electron chi connectivity index (χ0n) is 18.3. The van der Waals surface area contributed by atoms with Gasteiger partial charge in [0, 0.05) is 20.3 Å². The number of benzene rings is 2. The van der Waals surface area contributed by atoms with Gasteiger partial charge in [0.15, 0.2) is 0 Å². The quantitative estimate of drug-likeness (QED) is 0.508. The van der Waals surface area contributed by atoms with Gasteiger partial charge in [-0.2, -0.15) is 9.78 Å². The van der Waals surface area contributed by atoms with Crippen LogP contribution in [0.4, 0.5) is 0 Å². The Hall–Kier alpha value is -3.72. The predicted octanol–water partition coefficient (Wildman–Crippen LogP) is 1.53. The minimum absolute atomic E-state index is 0.0345. The monoisotopic (exact) mass is 438 g/mol. The number of carbonyl (C=O) groups is 1. The van der Waals surface area contributed by atoms with Gasteiger partial charge in [0.2, 0.25) is 5.69 Å². The summed E-state index contributed by atoms with van der Waals surface area (Å²) in [5.41, 5.74) is 0.376. The van der Waals surface area contributed by atoms with Gasteiger partial charge in [-0.1, -0.05) is 29.8 Å². The molecule has 9 heteroatoms. The molecule has 0 aliphatic heterocycles. The van der Waals surface area contributed by atoms with Crippen molar-refractivity contribution in [1.29, 1.82) is 0 Å². The lowest BCUT2D eigenvalue weighted by atomic mass is 10.2. The number of ether oxygens (including phenoxy) is 2. The summed E-state index contributed by atoms with van der Waals surface area (Å²) in [7, 11) is 3.10. The molecular weight excluding hydrogens is 412 g/mol. The summed E-state index contributed by atoms with van der Waals surface area (Å²) >= 11 is 0. The van der Waals surface area contributed by atoms with E-state index in [0.717, 1.165) is 14.8 Å². The lowest BCUT2D eigenvalue weighted by Gasteiger charge is -2.13. The molecule has 168 valence electrons. The highest BCUT2D eigenvalue weighted by Crippen LogP contribution is 2.13. The number of methoxy groups -OCH3 is 2. The van der Waals surface area contributed by atoms with E-state index in [1.165, 1.54) is 7.11 Å². The Kier molecular flexibility index (Phi) is 7.56. The predicted molar refractivity (Wildman–Crippen MR) is 120 cm³/mol. The normalized spacial score (nSPS) is 10.7. The number of hydrogen-bond donors (Lipinski definition) is 1. The SMILES string of the molecule is COCCCNC(=O)c1nn(-c2ccc(C)cc2)c(=O)n(Cc2cccc(OC)c2)c1=O. The zero-order valence-corrected chi connectivity index (χ0v) is 18.3. The molecule has 1 N–H and O–H groups in total. The van der Waals surface area contributed by atoms with E-state index in [0.29, 0.717) is 36.6 Å². The average Bonchev–Trinajstić information content (AvgIpc) is 2.80. The fourth-order valence-electron chi connectivity index (χ4n) is 3.11. The van der Waals surface area contributed by atoms with E-state index in [1.54, 1.807) is 43.5 Å². The Morgan fingerprint density at radius 3 is 2.53 bits per heavy atom. The van der Waals surface area contributed by atoms with Crippen LogP contribution in [0.15, 0.2) is 58.1 Å². The first kappa shape index (κ1) is 23.0. The van der Waals surface area contributed by atoms with E-state index < -0.39 is 17.2 Å². The Morgan fingerprint density at radius 2 is 1.84 bits per heavy atom. The summed E-state index contributed by atoms with van der Waals surface area (Å²) in [5.74, 6) is -0.0501. The Balaban J connectivity index is 2.08. The van der Waals surface area contributed by atoms with Crippen molar-refractivity contribution in [2.45, 2.75) is 19.9 Å². The molecule has 0 unspecified atom stereocenters. The molecule has 3 rings (SSSR count). The van der Waals surface area contributed by atoms with Crippen molar-refractivity contribution < 1.29 is 14.3 Å². The number of carbonyl (C=O) groups excluding carboxylic acids is 1. The van der Waals surface area contributed by atoms with Gasteiger partial charge in [-0.05, 0) is 43.2 Å². The zero-order chi connectivity index (χ0) is 23.1. The first-order valence-corrected chi connectivity index (χ1v) is 10.2. The minimum atomic E-state index is -0.759. The van der Waals surface area contributed by atoms with E-state index in [4.69, 9.17) is 9.47 Å². The molecular formula is C23H26N4O5. The summed E-state index contributed by atoms with van der Waals surface area (Å²) in [6.07, 6.45) is 0.581. The Bertz CT molecular complexity index is 1200. The van der Waals surface area contributed by atoms with E-state index in [-0.39, 0.29) is 12.2 Å². The first-order chi connectivity index (χ1) is 15.4. The molecule has 0 saturated heterocycles. The maximum Gasteiger partial charge on any atom is 0.352 e. The molecule has 0 aliphatic rings. The molecule has 32 heavy (non-hydrogen) atoms. The fourth-order valence-corrected chi connectivity index (χ4v) is 3.11. The van der Waals surface area contributed by atoms with Crippen LogP contribution >= 0.6 is 0 Å². The van der Waals surface area contributed by atoms with E-state index in [1.807, 2.05) is 19.1 Å². The smallest absolute Gasteiger partial charge is 0.352 e. The third-order valence-electron chi connectivity index (χ3n) is 4.84. The summed E-state index contributed by atoms with van der Waals surface area (Å²) in [4.78, 5) is 39.0. The van der Waals surface area contributed by atoms with Crippen molar-refractivity contribution in [3.05, 3.63) is 86.2 Å². The molecule has 0 saturated carbocycles. The van der Waals surface area contributed by atoms with Crippen molar-refractivity contribution in [2.24, 2.45) is 0 Å². The van der Waals surface area contributed by atoms with Gasteiger partial charge < -0.3 is 14.8 Å². The Morgan fingerprint density at radius 1 is 1.09 bits per heavy atom. The standard InChI is InChI=1S/C23H26N4O5/c1-16-8-10-18(11-9-16)27-23(30)26(15-17-6-4-7-19(14-17)32-3)22(29)20(25-27)21(28)24-12-5-13-31-2/h4,6-11,14H,5,12-13,15H2,1-3H3,(H,24,28). The number of hydrogen-bond acceptors (Lipinski definition) is 6. The molecule has 0 aliphatic carbocycles. The molecule has 1 aromatic heterocycles. The number of nitrogens with zero attached hydrogens (tertiary/aromatic N) is 3. The van der Waals surface area contributed by atoms with Crippen LogP contribution in [0.3, 0.4) is 0 Å². The van der Waals surface area contributed by atoms with Crippen LogP contribution in [0.2, 0.25) is 0 Å². The van der Waals surface area contributed by atoms with Gasteiger partial charge in [0.05, 0.1) is 19.3 Å². The van der Waals surface area contributed by atoms with Gasteiger partial charge in [-0.3, -0.25) is 14.2 Å². The van der Waals surface area contributed by atoms with Crippen molar-refractivity contribution >= 4 is 5.91 Å². The highest BCUT2D eigenvalue weighted by molar-refractivity contribution is 5.91. The molecule has 0 spiro atoms. The van der Waals surface area contributed by atoms with Crippen LogP contribution in [-0.4, -0.2) is 47.6 Å². The maximum absolute atomic E-state index is 13.2. The second-order valence-electron chi connectivity index (χ2n) is 7.22. The number of aryl methyl sites for hydroxylation is 1. The molecule has 9 nitrogen and oxygen atoms in total. The summed E-state index contributed by atoms with van der Waals surface area (Å²) < 4.78 is 12.3. The first-order valence-electron chi connectivity index (χ1n) is 10.2. The summed E-state index contributed by atoms with van der Waals surface area (Å²) in [5, 5.41) is 6.77. The average molecular weight is 438 g/mol. The summed E-state index contributed by atoms with van der Waals surface area (Å²) in [6, 6.07) is 14.1. The highest BCUT2D eigenvalue weighted by atomic mass is 16.5. The van der Waals surface area contributed by atoms with Crippen molar-refractivity contribution in [3.63, 3.8) is 0 Å². The lowest BCUT2D eigenvalue weighted by molar-refractivity contribution is 0.0938. The van der Waals surface area contributed by atoms with Crippen LogP contribution in [0, 0.1) is 6.92 Å². The lowest BCUT2D eigenvalue weighted by Crippen LogP contribution is -2.46. The van der Waals surface area contributed by atoms with Crippen LogP contribution in [0.25, 0.3) is 5.69 Å². The molecule has 1 heterocycles. The van der Waals surface area contributed by atoms with Gasteiger partial charge in [0.25, 0.3) is 11.5 Å². The maximum atomic E-state index is 13.2. The van der Waals surface area contributed by atoms with Crippen LogP contribution in [-0.2, 0) is 11.3 Å². The molecule has 0 atom stereocenters. The number of amides is 1. The van der Waals surface area contributed by atoms with Gasteiger partial charge in [-0.15, -0.1) is 0 Å². The Labute approximate surface area is 185 Å². The minimum Gasteiger partial charge on any atom is -0.497 e. The third kappa shape index (κ3) is 5.30. The van der Waals surface area contributed by atoms with Gasteiger partial charge >= 0.3 is 5.69 Å². The van der Waals surface area contributed by atoms with Crippen molar-refractivity contribution in [2.75, 3.05) is 27.4 Å². The number of rotatable bonds is 9. The number of aromatic nitrogens is 3. The molecule has 0 fully saturated rings. The fraction of sp³-hybridized carbons (Fsp3) is 0.304. The second kappa shape index (κ2) is 10.5. The number of nitrogens with one attached hydrogen (secondary N) is 1. The van der Waals surface area contributed by atoms with Crippen molar-refractivity contribution in [1.82, 2.24) is 19.7 Å². The van der Waals surface area contributed by atoms with E-state index in [2.05, 4.69) is 10.4 Å². The highest BCUT2D eigenvalue weighted by Gasteiger charge is 2.20. The molecule has 0 radical (unpaired) electrons. The van der Waals surface area contributed by atoms with Crippen LogP contribution < -0.4 is 21.3 Å². The van der Waals surface area contributed by atoms with E-state index in [9.17, 15) is 14.4 Å². The molecule has 3 aromatic rings. The van der Waals surface area contributed by atoms with Gasteiger partial charge in [-0.25, -0.2) is 4.79 Å². The molecule has 0 bridgehead atoms. The molecule has 2 aromatic carbocycles. The third-order valence-corrected chi connectivity index (χ3v) is 4.84. The topological polar surface area (TPSA) is 104 Å². The van der Waals surface area contributed by atoms with Crippen LogP contribution in [0.1, 0.15) is 28.0 Å². The molecule has 1 amide bonds. The second-order valence-corrected chi connectivity index (χ2v) is 7.22. The van der Waals surface area contributed by atoms with Gasteiger partial charge in [0.1, 0.15) is 5.75 Å².